The summed E-state index contributed by atoms with van der Waals surface area (Å²) in [7, 11) is 0. The van der Waals surface area contributed by atoms with Crippen molar-refractivity contribution in [3.63, 3.8) is 0 Å². The van der Waals surface area contributed by atoms with E-state index < -0.39 is 35.5 Å². The quantitative estimate of drug-likeness (QED) is 0.0246. The van der Waals surface area contributed by atoms with Crippen molar-refractivity contribution in [3.05, 3.63) is 179 Å². The minimum atomic E-state index is -1.38. The number of carbonyl (C=O) groups is 4. The van der Waals surface area contributed by atoms with Gasteiger partial charge in [0.2, 0.25) is 0 Å². The topological polar surface area (TPSA) is 213 Å². The lowest BCUT2D eigenvalue weighted by molar-refractivity contribution is -0.137. The normalized spacial score (nSPS) is 10.7. The third kappa shape index (κ3) is 14.9. The Bertz CT molecular complexity index is 2810. The molecule has 0 saturated heterocycles. The van der Waals surface area contributed by atoms with Crippen molar-refractivity contribution >= 4 is 137 Å². The van der Waals surface area contributed by atoms with Gasteiger partial charge in [0.15, 0.2) is 20.4 Å². The molecule has 0 heterocycles. The molecule has 7 aromatic rings. The second-order valence-corrected chi connectivity index (χ2v) is 18.9. The lowest BCUT2D eigenvalue weighted by Crippen LogP contribution is -2.53. The Morgan fingerprint density at radius 3 is 0.730 bits per heavy atom. The summed E-state index contributed by atoms with van der Waals surface area (Å²) in [6.45, 7) is 7.85. The number of hydrogen-bond donors (Lipinski definition) is 12. The van der Waals surface area contributed by atoms with Crippen LogP contribution in [0.5, 0.6) is 0 Å². The summed E-state index contributed by atoms with van der Waals surface area (Å²) in [5.41, 5.74) is 29.7. The fraction of sp³-hybridized carbons (Fsp3) is 0.148. The van der Waals surface area contributed by atoms with Crippen LogP contribution in [0.3, 0.4) is 0 Å². The maximum Gasteiger partial charge on any atom is 0.251 e. The van der Waals surface area contributed by atoms with Crippen LogP contribution in [0.25, 0.3) is 21.5 Å². The zero-order chi connectivity index (χ0) is 52.7. The molecule has 0 fully saturated rings. The van der Waals surface area contributed by atoms with Gasteiger partial charge in [-0.05, 0) is 171 Å². The second kappa shape index (κ2) is 25.4. The van der Waals surface area contributed by atoms with Crippen molar-refractivity contribution < 1.29 is 19.2 Å². The summed E-state index contributed by atoms with van der Waals surface area (Å²) < 4.78 is 0. The molecule has 12 N–H and O–H groups in total. The van der Waals surface area contributed by atoms with Gasteiger partial charge in [0, 0.05) is 22.7 Å². The number of amides is 4. The third-order valence-corrected chi connectivity index (χ3v) is 12.5. The highest BCUT2D eigenvalue weighted by atomic mass is 32.1. The summed E-state index contributed by atoms with van der Waals surface area (Å²) in [5.74, 6) is -5.58. The Kier molecular flexibility index (Phi) is 18.4. The second-order valence-electron chi connectivity index (χ2n) is 17.3. The Morgan fingerprint density at radius 2 is 0.527 bits per heavy atom. The zero-order valence-electron chi connectivity index (χ0n) is 40.7. The van der Waals surface area contributed by atoms with Crippen molar-refractivity contribution in [1.82, 2.24) is 43.4 Å². The first-order chi connectivity index (χ1) is 35.6. The van der Waals surface area contributed by atoms with Gasteiger partial charge in [0.25, 0.3) is 23.6 Å². The summed E-state index contributed by atoms with van der Waals surface area (Å²) >= 11 is 22.0. The molecule has 16 nitrogen and oxygen atoms in total. The number of fused-ring (bicyclic) bond motifs is 2. The summed E-state index contributed by atoms with van der Waals surface area (Å²) in [6.07, 6.45) is -0.235. The molecule has 0 saturated carbocycles. The van der Waals surface area contributed by atoms with Crippen LogP contribution in [0.2, 0.25) is 0 Å². The van der Waals surface area contributed by atoms with Crippen LogP contribution in [-0.2, 0) is 32.0 Å². The minimum absolute atomic E-state index is 0.0879. The van der Waals surface area contributed by atoms with Crippen molar-refractivity contribution in [2.24, 2.45) is 11.8 Å². The molecule has 7 aromatic carbocycles. The van der Waals surface area contributed by atoms with Crippen molar-refractivity contribution in [3.8, 4) is 0 Å². The standard InChI is InChI=1S/C54H54N12O4S4/c1-31-13-21-35(22-14-31)55-51(71)63-59-47(67)45(48(68)60-64-52(72)56-36-23-15-32(2)16-24-36)29-43-39-9-5-7-11-41(39)44(42-12-8-6-10-40(42)43)30-46(49(69)61-65-53(73)57-37-25-17-33(3)18-26-37)50(70)62-66-54(74)58-38-27-19-34(4)20-28-38/h5-28,45-46H,29-30H2,1-4H3,(H,59,67)(H,60,68)(H,61,69)(H,62,70)(H2,55,63,71)(H2,56,64,72)(H2,57,65,73)(H2,58,66,74). The minimum Gasteiger partial charge on any atom is -0.331 e. The molecule has 0 bridgehead atoms. The highest BCUT2D eigenvalue weighted by Crippen LogP contribution is 2.36. The first-order valence-corrected chi connectivity index (χ1v) is 24.9. The molecule has 0 aliphatic heterocycles. The Balaban J connectivity index is 1.18. The predicted octanol–water partition coefficient (Wildman–Crippen LogP) is 7.62. The van der Waals surface area contributed by atoms with E-state index in [1.807, 2.05) is 173 Å². The molecule has 4 amide bonds. The van der Waals surface area contributed by atoms with Crippen LogP contribution in [0.4, 0.5) is 22.7 Å². The van der Waals surface area contributed by atoms with Gasteiger partial charge in [-0.15, -0.1) is 0 Å². The number of hydrazine groups is 4. The molecule has 378 valence electrons. The predicted molar refractivity (Wildman–Crippen MR) is 311 cm³/mol. The van der Waals surface area contributed by atoms with E-state index in [-0.39, 0.29) is 33.3 Å². The molecule has 0 aliphatic rings. The van der Waals surface area contributed by atoms with E-state index in [1.54, 1.807) is 0 Å². The van der Waals surface area contributed by atoms with E-state index in [0.717, 1.165) is 22.3 Å². The Hall–Kier alpha value is -8.30. The van der Waals surface area contributed by atoms with Gasteiger partial charge in [0.05, 0.1) is 0 Å². The number of hydrogen-bond acceptors (Lipinski definition) is 8. The summed E-state index contributed by atoms with van der Waals surface area (Å²) in [5, 5.41) is 15.1. The molecule has 0 unspecified atom stereocenters. The van der Waals surface area contributed by atoms with E-state index in [4.69, 9.17) is 48.9 Å². The molecular weight excluding hydrogens is 1010 g/mol. The molecular formula is C54H54N12O4S4. The van der Waals surface area contributed by atoms with Crippen molar-refractivity contribution in [1.29, 1.82) is 0 Å². The van der Waals surface area contributed by atoms with Gasteiger partial charge in [-0.2, -0.15) is 0 Å². The third-order valence-electron chi connectivity index (χ3n) is 11.7. The zero-order valence-corrected chi connectivity index (χ0v) is 44.0. The first kappa shape index (κ1) is 53.5. The van der Waals surface area contributed by atoms with E-state index in [0.29, 0.717) is 55.4 Å². The van der Waals surface area contributed by atoms with E-state index in [9.17, 15) is 19.2 Å². The number of rotatable bonds is 12. The van der Waals surface area contributed by atoms with Crippen LogP contribution in [0.15, 0.2) is 146 Å². The highest BCUT2D eigenvalue weighted by Gasteiger charge is 2.32. The fourth-order valence-electron chi connectivity index (χ4n) is 7.78. The number of nitrogens with one attached hydrogen (secondary N) is 12. The average molecular weight is 1060 g/mol. The van der Waals surface area contributed by atoms with Gasteiger partial charge in [-0.25, -0.2) is 0 Å². The van der Waals surface area contributed by atoms with Crippen LogP contribution in [0, 0.1) is 39.5 Å². The van der Waals surface area contributed by atoms with E-state index in [1.165, 1.54) is 0 Å². The van der Waals surface area contributed by atoms with Gasteiger partial charge in [0.1, 0.15) is 11.8 Å². The number of benzene rings is 7. The van der Waals surface area contributed by atoms with Crippen molar-refractivity contribution in [2.75, 3.05) is 21.3 Å². The van der Waals surface area contributed by atoms with Crippen molar-refractivity contribution in [2.45, 2.75) is 40.5 Å². The lowest BCUT2D eigenvalue weighted by Gasteiger charge is -2.24. The SMILES string of the molecule is Cc1ccc(NC(=S)NNC(=O)C(Cc2c3ccccc3c(CC(C(=O)NNC(=S)Nc3ccc(C)cc3)C(=O)NNC(=S)Nc3ccc(C)cc3)c3ccccc23)C(=O)NNC(=S)Nc2ccc(C)cc2)cc1. The Labute approximate surface area is 449 Å². The molecule has 20 heteroatoms. The van der Waals surface area contributed by atoms with E-state index >= 15 is 0 Å². The number of thiocarbonyl (C=S) groups is 4. The molecule has 7 rings (SSSR count). The maximum atomic E-state index is 14.3. The molecule has 74 heavy (non-hydrogen) atoms. The first-order valence-electron chi connectivity index (χ1n) is 23.3. The summed E-state index contributed by atoms with van der Waals surface area (Å²) in [6, 6.07) is 44.9. The molecule has 0 atom stereocenters. The Morgan fingerprint density at radius 1 is 0.324 bits per heavy atom. The van der Waals surface area contributed by atoms with E-state index in [2.05, 4.69) is 64.7 Å². The fourth-order valence-corrected chi connectivity index (χ4v) is 8.46. The smallest absolute Gasteiger partial charge is 0.251 e. The van der Waals surface area contributed by atoms with Crippen LogP contribution in [0.1, 0.15) is 33.4 Å². The van der Waals surface area contributed by atoms with Crippen LogP contribution < -0.4 is 64.7 Å². The number of carbonyl (C=O) groups excluding carboxylic acids is 4. The average Bonchev–Trinajstić information content (AvgIpc) is 3.39. The van der Waals surface area contributed by atoms with Gasteiger partial charge >= 0.3 is 0 Å². The molecule has 0 radical (unpaired) electrons. The monoisotopic (exact) mass is 1060 g/mol. The van der Waals surface area contributed by atoms with Crippen LogP contribution >= 0.6 is 48.9 Å². The maximum absolute atomic E-state index is 14.3. The van der Waals surface area contributed by atoms with Crippen LogP contribution in [-0.4, -0.2) is 44.1 Å². The molecule has 0 aromatic heterocycles. The molecule has 0 spiro atoms. The number of aryl methyl sites for hydroxylation is 4. The van der Waals surface area contributed by atoms with Gasteiger partial charge < -0.3 is 21.3 Å². The van der Waals surface area contributed by atoms with Gasteiger partial charge in [-0.1, -0.05) is 119 Å². The largest absolute Gasteiger partial charge is 0.331 e. The lowest BCUT2D eigenvalue weighted by atomic mass is 9.84. The molecule has 0 aliphatic carbocycles. The summed E-state index contributed by atoms with van der Waals surface area (Å²) in [4.78, 5) is 57.3. The van der Waals surface area contributed by atoms with Gasteiger partial charge in [-0.3, -0.25) is 62.6 Å². The highest BCUT2D eigenvalue weighted by molar-refractivity contribution is 7.81. The number of anilines is 4.